The van der Waals surface area contributed by atoms with E-state index in [9.17, 15) is 4.79 Å². The molecule has 152 valence electrons. The van der Waals surface area contributed by atoms with E-state index in [1.807, 2.05) is 67.6 Å². The molecule has 5 rings (SSSR count). The van der Waals surface area contributed by atoms with Crippen LogP contribution in [0.1, 0.15) is 23.1 Å². The summed E-state index contributed by atoms with van der Waals surface area (Å²) in [6, 6.07) is 24.0. The summed E-state index contributed by atoms with van der Waals surface area (Å²) in [7, 11) is 0. The number of aromatic nitrogens is 3. The lowest BCUT2D eigenvalue weighted by Crippen LogP contribution is -2.08. The molecule has 5 heteroatoms. The van der Waals surface area contributed by atoms with Gasteiger partial charge in [-0.1, -0.05) is 48.5 Å². The maximum atomic E-state index is 12.8. The van der Waals surface area contributed by atoms with E-state index < -0.39 is 0 Å². The Bertz CT molecular complexity index is 1410. The molecule has 2 heterocycles. The fourth-order valence-corrected chi connectivity index (χ4v) is 4.11. The molecule has 0 amide bonds. The van der Waals surface area contributed by atoms with Crippen LogP contribution in [0.3, 0.4) is 0 Å². The molecular formula is C26H21N3O2. The number of imidazole rings is 1. The second-order valence-electron chi connectivity index (χ2n) is 7.29. The van der Waals surface area contributed by atoms with E-state index in [1.54, 1.807) is 13.1 Å². The first-order valence-corrected chi connectivity index (χ1v) is 10.3. The predicted molar refractivity (Wildman–Crippen MR) is 123 cm³/mol. The number of hydrogen-bond acceptors (Lipinski definition) is 4. The zero-order valence-electron chi connectivity index (χ0n) is 17.4. The topological polar surface area (TPSA) is 57.0 Å². The maximum absolute atomic E-state index is 12.8. The summed E-state index contributed by atoms with van der Waals surface area (Å²) in [5.41, 5.74) is 5.78. The summed E-state index contributed by atoms with van der Waals surface area (Å²) in [4.78, 5) is 22.3. The molecule has 0 spiro atoms. The Hall–Kier alpha value is -3.99. The first-order chi connectivity index (χ1) is 15.2. The summed E-state index contributed by atoms with van der Waals surface area (Å²) >= 11 is 0. The van der Waals surface area contributed by atoms with Gasteiger partial charge < -0.3 is 4.74 Å². The van der Waals surface area contributed by atoms with Crippen molar-refractivity contribution >= 4 is 27.9 Å². The van der Waals surface area contributed by atoms with Gasteiger partial charge in [0.1, 0.15) is 5.82 Å². The monoisotopic (exact) mass is 407 g/mol. The molecular weight excluding hydrogens is 386 g/mol. The number of esters is 1. The summed E-state index contributed by atoms with van der Waals surface area (Å²) in [5.74, 6) is 0.487. The summed E-state index contributed by atoms with van der Waals surface area (Å²) in [6.07, 6.45) is 1.61. The van der Waals surface area contributed by atoms with Crippen LogP contribution in [0.2, 0.25) is 0 Å². The van der Waals surface area contributed by atoms with Gasteiger partial charge in [-0.3, -0.25) is 9.55 Å². The molecule has 0 saturated heterocycles. The average Bonchev–Trinajstić information content (AvgIpc) is 3.15. The van der Waals surface area contributed by atoms with Gasteiger partial charge in [0.2, 0.25) is 0 Å². The number of ether oxygens (including phenoxy) is 1. The van der Waals surface area contributed by atoms with E-state index in [0.29, 0.717) is 12.2 Å². The van der Waals surface area contributed by atoms with Gasteiger partial charge in [-0.05, 0) is 43.7 Å². The predicted octanol–water partition coefficient (Wildman–Crippen LogP) is 5.73. The Morgan fingerprint density at radius 1 is 0.968 bits per heavy atom. The molecule has 2 aromatic heterocycles. The largest absolute Gasteiger partial charge is 0.462 e. The first-order valence-electron chi connectivity index (χ1n) is 10.3. The number of fused-ring (bicyclic) bond motifs is 3. The van der Waals surface area contributed by atoms with Crippen LogP contribution in [-0.2, 0) is 4.74 Å². The van der Waals surface area contributed by atoms with Crippen molar-refractivity contribution in [1.29, 1.82) is 0 Å². The fourth-order valence-electron chi connectivity index (χ4n) is 4.11. The smallest absolute Gasteiger partial charge is 0.340 e. The van der Waals surface area contributed by atoms with Crippen molar-refractivity contribution in [2.45, 2.75) is 13.8 Å². The Balaban J connectivity index is 1.91. The van der Waals surface area contributed by atoms with Crippen LogP contribution in [-0.4, -0.2) is 27.1 Å². The van der Waals surface area contributed by atoms with Gasteiger partial charge in [0.25, 0.3) is 0 Å². The van der Waals surface area contributed by atoms with Crippen molar-refractivity contribution in [2.24, 2.45) is 0 Å². The highest BCUT2D eigenvalue weighted by Gasteiger charge is 2.22. The van der Waals surface area contributed by atoms with Gasteiger partial charge in [0, 0.05) is 22.8 Å². The molecule has 0 unspecified atom stereocenters. The molecule has 3 aromatic carbocycles. The zero-order chi connectivity index (χ0) is 21.4. The van der Waals surface area contributed by atoms with Crippen molar-refractivity contribution in [3.05, 3.63) is 90.4 Å². The fraction of sp³-hybridized carbons (Fsp3) is 0.115. The molecule has 0 aliphatic carbocycles. The van der Waals surface area contributed by atoms with Gasteiger partial charge in [0.05, 0.1) is 28.7 Å². The molecule has 0 bridgehead atoms. The summed E-state index contributed by atoms with van der Waals surface area (Å²) < 4.78 is 7.47. The lowest BCUT2D eigenvalue weighted by molar-refractivity contribution is 0.0527. The molecule has 0 aliphatic rings. The number of rotatable bonds is 4. The molecule has 0 saturated carbocycles. The Labute approximate surface area is 180 Å². The SMILES string of the molecule is CCOC(=O)c1cnc2ccc3c(nc(C)n3-c3ccccc3)c2c1-c1ccccc1. The maximum Gasteiger partial charge on any atom is 0.340 e. The highest BCUT2D eigenvalue weighted by atomic mass is 16.5. The van der Waals surface area contributed by atoms with Gasteiger partial charge in [-0.15, -0.1) is 0 Å². The first kappa shape index (κ1) is 19.0. The van der Waals surface area contributed by atoms with Crippen LogP contribution in [0.25, 0.3) is 38.8 Å². The number of carbonyl (C=O) groups is 1. The van der Waals surface area contributed by atoms with Crippen LogP contribution in [0.4, 0.5) is 0 Å². The van der Waals surface area contributed by atoms with Crippen molar-refractivity contribution in [1.82, 2.24) is 14.5 Å². The van der Waals surface area contributed by atoms with Gasteiger partial charge in [0.15, 0.2) is 0 Å². The minimum Gasteiger partial charge on any atom is -0.462 e. The van der Waals surface area contributed by atoms with E-state index in [-0.39, 0.29) is 5.97 Å². The van der Waals surface area contributed by atoms with E-state index in [1.165, 1.54) is 0 Å². The third-order valence-corrected chi connectivity index (χ3v) is 5.40. The second-order valence-corrected chi connectivity index (χ2v) is 7.29. The van der Waals surface area contributed by atoms with Crippen LogP contribution in [0.5, 0.6) is 0 Å². The molecule has 0 N–H and O–H groups in total. The average molecular weight is 407 g/mol. The number of nitrogens with zero attached hydrogens (tertiary/aromatic N) is 3. The van der Waals surface area contributed by atoms with Gasteiger partial charge >= 0.3 is 5.97 Å². The second kappa shape index (κ2) is 7.69. The molecule has 5 nitrogen and oxygen atoms in total. The number of hydrogen-bond donors (Lipinski definition) is 0. The number of benzene rings is 3. The molecule has 5 aromatic rings. The van der Waals surface area contributed by atoms with E-state index in [0.717, 1.165) is 44.6 Å². The van der Waals surface area contributed by atoms with E-state index in [4.69, 9.17) is 9.72 Å². The molecule has 31 heavy (non-hydrogen) atoms. The summed E-state index contributed by atoms with van der Waals surface area (Å²) in [6.45, 7) is 4.10. The van der Waals surface area contributed by atoms with Crippen LogP contribution >= 0.6 is 0 Å². The van der Waals surface area contributed by atoms with Gasteiger partial charge in [-0.2, -0.15) is 0 Å². The van der Waals surface area contributed by atoms with Gasteiger partial charge in [-0.25, -0.2) is 9.78 Å². The molecule has 0 radical (unpaired) electrons. The number of carbonyl (C=O) groups excluding carboxylic acids is 1. The lowest BCUT2D eigenvalue weighted by atomic mass is 9.95. The minimum atomic E-state index is -0.382. The van der Waals surface area contributed by atoms with Crippen molar-refractivity contribution in [3.63, 3.8) is 0 Å². The standard InChI is InChI=1S/C26H21N3O2/c1-3-31-26(30)20-16-27-21-14-15-22-25(24(21)23(20)18-10-6-4-7-11-18)28-17(2)29(22)19-12-8-5-9-13-19/h4-16H,3H2,1-2H3. The highest BCUT2D eigenvalue weighted by molar-refractivity contribution is 6.15. The lowest BCUT2D eigenvalue weighted by Gasteiger charge is -2.13. The van der Waals surface area contributed by atoms with E-state index >= 15 is 0 Å². The number of pyridine rings is 1. The third-order valence-electron chi connectivity index (χ3n) is 5.40. The number of aryl methyl sites for hydroxylation is 1. The number of para-hydroxylation sites is 1. The Kier molecular flexibility index (Phi) is 4.71. The molecule has 0 fully saturated rings. The Morgan fingerprint density at radius 2 is 1.68 bits per heavy atom. The third kappa shape index (κ3) is 3.15. The summed E-state index contributed by atoms with van der Waals surface area (Å²) in [5, 5.41) is 0.854. The van der Waals surface area contributed by atoms with Crippen molar-refractivity contribution < 1.29 is 9.53 Å². The van der Waals surface area contributed by atoms with Crippen LogP contribution in [0.15, 0.2) is 79.0 Å². The molecule has 0 atom stereocenters. The van der Waals surface area contributed by atoms with Crippen LogP contribution < -0.4 is 0 Å². The van der Waals surface area contributed by atoms with Crippen molar-refractivity contribution in [2.75, 3.05) is 6.61 Å². The highest BCUT2D eigenvalue weighted by Crippen LogP contribution is 2.37. The zero-order valence-corrected chi connectivity index (χ0v) is 17.4. The molecule has 0 aliphatic heterocycles. The van der Waals surface area contributed by atoms with E-state index in [2.05, 4.69) is 21.7 Å². The normalized spacial score (nSPS) is 11.2. The quantitative estimate of drug-likeness (QED) is 0.357. The minimum absolute atomic E-state index is 0.303. The Morgan fingerprint density at radius 3 is 2.39 bits per heavy atom. The van der Waals surface area contributed by atoms with Crippen molar-refractivity contribution in [3.8, 4) is 16.8 Å². The van der Waals surface area contributed by atoms with Crippen LogP contribution in [0, 0.1) is 6.92 Å².